The average Bonchev–Trinajstić information content (AvgIpc) is 2.68. The second-order valence-corrected chi connectivity index (χ2v) is 7.49. The van der Waals surface area contributed by atoms with E-state index in [2.05, 4.69) is 57.8 Å². The van der Waals surface area contributed by atoms with Gasteiger partial charge in [-0.15, -0.1) is 0 Å². The molecule has 1 saturated heterocycles. The van der Waals surface area contributed by atoms with Crippen LogP contribution >= 0.6 is 31.9 Å². The Bertz CT molecular complexity index is 454. The number of ether oxygens (including phenoxy) is 2. The van der Waals surface area contributed by atoms with Gasteiger partial charge < -0.3 is 15.2 Å². The first-order chi connectivity index (χ1) is 9.41. The Hall–Kier alpha value is -0.100. The van der Waals surface area contributed by atoms with Crippen molar-refractivity contribution in [3.05, 3.63) is 26.6 Å². The fourth-order valence-corrected chi connectivity index (χ4v) is 3.94. The zero-order valence-corrected chi connectivity index (χ0v) is 15.1. The number of halogens is 2. The summed E-state index contributed by atoms with van der Waals surface area (Å²) in [4.78, 5) is 0. The van der Waals surface area contributed by atoms with Gasteiger partial charge in [0, 0.05) is 0 Å². The molecule has 5 heteroatoms. The fraction of sp³-hybridized carbons (Fsp3) is 0.600. The van der Waals surface area contributed by atoms with Crippen LogP contribution in [-0.4, -0.2) is 24.9 Å². The van der Waals surface area contributed by atoms with Crippen LogP contribution in [-0.2, 0) is 11.2 Å². The molecule has 0 bridgehead atoms. The normalized spacial score (nSPS) is 21.1. The lowest BCUT2D eigenvalue weighted by molar-refractivity contribution is -0.0328. The summed E-state index contributed by atoms with van der Waals surface area (Å²) in [5.74, 6) is 0.832. The van der Waals surface area contributed by atoms with Crippen molar-refractivity contribution in [1.82, 2.24) is 0 Å². The highest BCUT2D eigenvalue weighted by atomic mass is 79.9. The first-order valence-electron chi connectivity index (χ1n) is 6.90. The van der Waals surface area contributed by atoms with Gasteiger partial charge in [0.2, 0.25) is 0 Å². The Morgan fingerprint density at radius 1 is 1.35 bits per heavy atom. The molecule has 0 amide bonds. The molecule has 1 atom stereocenters. The van der Waals surface area contributed by atoms with E-state index in [1.54, 1.807) is 0 Å². The summed E-state index contributed by atoms with van der Waals surface area (Å²) in [7, 11) is 0. The van der Waals surface area contributed by atoms with Crippen LogP contribution in [0.3, 0.4) is 0 Å². The van der Waals surface area contributed by atoms with Gasteiger partial charge in [-0.25, -0.2) is 0 Å². The maximum absolute atomic E-state index is 5.94. The van der Waals surface area contributed by atoms with Gasteiger partial charge in [0.15, 0.2) is 0 Å². The number of benzene rings is 1. The van der Waals surface area contributed by atoms with Crippen molar-refractivity contribution in [2.75, 3.05) is 13.2 Å². The van der Waals surface area contributed by atoms with Crippen molar-refractivity contribution in [3.8, 4) is 5.75 Å². The largest absolute Gasteiger partial charge is 0.489 e. The molecular weight excluding hydrogens is 386 g/mol. The van der Waals surface area contributed by atoms with Gasteiger partial charge in [-0.2, -0.15) is 0 Å². The quantitative estimate of drug-likeness (QED) is 0.802. The predicted molar refractivity (Wildman–Crippen MR) is 88.3 cm³/mol. The van der Waals surface area contributed by atoms with Gasteiger partial charge in [-0.05, 0) is 89.2 Å². The third-order valence-electron chi connectivity index (χ3n) is 3.46. The highest BCUT2D eigenvalue weighted by molar-refractivity contribution is 9.11. The highest BCUT2D eigenvalue weighted by Gasteiger charge is 2.32. The van der Waals surface area contributed by atoms with Crippen LogP contribution in [0.1, 0.15) is 32.3 Å². The lowest BCUT2D eigenvalue weighted by Gasteiger charge is -2.20. The molecule has 1 aromatic rings. The number of nitrogens with two attached hydrogens (primary N) is 1. The van der Waals surface area contributed by atoms with Gasteiger partial charge in [-0.3, -0.25) is 0 Å². The van der Waals surface area contributed by atoms with Crippen LogP contribution in [0.25, 0.3) is 0 Å². The molecule has 112 valence electrons. The summed E-state index contributed by atoms with van der Waals surface area (Å²) >= 11 is 7.13. The minimum Gasteiger partial charge on any atom is -0.489 e. The van der Waals surface area contributed by atoms with E-state index in [0.717, 1.165) is 34.0 Å². The van der Waals surface area contributed by atoms with Crippen LogP contribution in [0.2, 0.25) is 0 Å². The van der Waals surface area contributed by atoms with Crippen molar-refractivity contribution < 1.29 is 9.47 Å². The minimum atomic E-state index is -0.0204. The molecule has 1 aliphatic rings. The molecule has 1 aliphatic heterocycles. The highest BCUT2D eigenvalue weighted by Crippen LogP contribution is 2.36. The lowest BCUT2D eigenvalue weighted by atomic mass is 10.1. The third-order valence-corrected chi connectivity index (χ3v) is 4.64. The van der Waals surface area contributed by atoms with Crippen LogP contribution in [0.4, 0.5) is 0 Å². The van der Waals surface area contributed by atoms with E-state index in [1.165, 1.54) is 5.56 Å². The van der Waals surface area contributed by atoms with E-state index in [0.29, 0.717) is 13.2 Å². The summed E-state index contributed by atoms with van der Waals surface area (Å²) < 4.78 is 13.8. The molecule has 20 heavy (non-hydrogen) atoms. The summed E-state index contributed by atoms with van der Waals surface area (Å²) in [6.45, 7) is 5.47. The standard InChI is InChI=1S/C15H21Br2NO2/c1-15(2)5-3-11(20-15)9-19-14-12(16)7-10(4-6-18)8-13(14)17/h7-8,11H,3-6,9,18H2,1-2H3. The summed E-state index contributed by atoms with van der Waals surface area (Å²) in [5, 5.41) is 0. The van der Waals surface area contributed by atoms with E-state index in [1.807, 2.05) is 0 Å². The molecule has 3 nitrogen and oxygen atoms in total. The maximum atomic E-state index is 5.94. The van der Waals surface area contributed by atoms with Crippen molar-refractivity contribution >= 4 is 31.9 Å². The Labute approximate surface area is 137 Å². The van der Waals surface area contributed by atoms with Crippen LogP contribution in [0.5, 0.6) is 5.75 Å². The number of hydrogen-bond donors (Lipinski definition) is 1. The van der Waals surface area contributed by atoms with Gasteiger partial charge >= 0.3 is 0 Å². The van der Waals surface area contributed by atoms with E-state index in [4.69, 9.17) is 15.2 Å². The molecule has 2 N–H and O–H groups in total. The first-order valence-corrected chi connectivity index (χ1v) is 8.48. The molecule has 0 spiro atoms. The fourth-order valence-electron chi connectivity index (χ4n) is 2.43. The molecule has 0 aliphatic carbocycles. The Balaban J connectivity index is 1.99. The van der Waals surface area contributed by atoms with E-state index < -0.39 is 0 Å². The Morgan fingerprint density at radius 3 is 2.50 bits per heavy atom. The molecule has 1 heterocycles. The van der Waals surface area contributed by atoms with Crippen LogP contribution < -0.4 is 10.5 Å². The van der Waals surface area contributed by atoms with Gasteiger partial charge in [0.1, 0.15) is 12.4 Å². The first kappa shape index (κ1) is 16.3. The van der Waals surface area contributed by atoms with E-state index in [9.17, 15) is 0 Å². The molecule has 0 saturated carbocycles. The maximum Gasteiger partial charge on any atom is 0.147 e. The van der Waals surface area contributed by atoms with Crippen LogP contribution in [0, 0.1) is 0 Å². The topological polar surface area (TPSA) is 44.5 Å². The number of rotatable bonds is 5. The smallest absolute Gasteiger partial charge is 0.147 e. The van der Waals surface area contributed by atoms with Crippen molar-refractivity contribution in [3.63, 3.8) is 0 Å². The molecular formula is C15H21Br2NO2. The third kappa shape index (κ3) is 4.20. The molecule has 1 unspecified atom stereocenters. The zero-order chi connectivity index (χ0) is 14.8. The summed E-state index contributed by atoms with van der Waals surface area (Å²) in [5.41, 5.74) is 6.76. The average molecular weight is 407 g/mol. The Kier molecular flexibility index (Phi) is 5.51. The van der Waals surface area contributed by atoms with Crippen LogP contribution in [0.15, 0.2) is 21.1 Å². The Morgan fingerprint density at radius 2 is 2.00 bits per heavy atom. The second-order valence-electron chi connectivity index (χ2n) is 5.78. The van der Waals surface area contributed by atoms with Crippen molar-refractivity contribution in [2.45, 2.75) is 44.8 Å². The van der Waals surface area contributed by atoms with Gasteiger partial charge in [0.25, 0.3) is 0 Å². The number of hydrogen-bond acceptors (Lipinski definition) is 3. The SMILES string of the molecule is CC1(C)CCC(COc2c(Br)cc(CCN)cc2Br)O1. The minimum absolute atomic E-state index is 0.0204. The lowest BCUT2D eigenvalue weighted by Crippen LogP contribution is -2.24. The van der Waals surface area contributed by atoms with E-state index in [-0.39, 0.29) is 11.7 Å². The summed E-state index contributed by atoms with van der Waals surface area (Å²) in [6.07, 6.45) is 3.16. The van der Waals surface area contributed by atoms with Gasteiger partial charge in [0.05, 0.1) is 20.7 Å². The second kappa shape index (κ2) is 6.77. The molecule has 1 fully saturated rings. The van der Waals surface area contributed by atoms with Crippen molar-refractivity contribution in [2.24, 2.45) is 5.73 Å². The predicted octanol–water partition coefficient (Wildman–Crippen LogP) is 4.05. The molecule has 1 aromatic carbocycles. The van der Waals surface area contributed by atoms with Gasteiger partial charge in [-0.1, -0.05) is 0 Å². The van der Waals surface area contributed by atoms with E-state index >= 15 is 0 Å². The summed E-state index contributed by atoms with van der Waals surface area (Å²) in [6, 6.07) is 4.12. The monoisotopic (exact) mass is 405 g/mol. The zero-order valence-electron chi connectivity index (χ0n) is 11.9. The molecule has 2 rings (SSSR count). The molecule has 0 aromatic heterocycles. The van der Waals surface area contributed by atoms with Crippen molar-refractivity contribution in [1.29, 1.82) is 0 Å². The molecule has 0 radical (unpaired) electrons.